The molecule has 2 radical (unpaired) electrons. The summed E-state index contributed by atoms with van der Waals surface area (Å²) >= 11 is 10.8. The van der Waals surface area contributed by atoms with Gasteiger partial charge in [-0.1, -0.05) is 6.07 Å². The number of rotatable bonds is 3. The molecular weight excluding hydrogens is 435 g/mol. The molecule has 0 amide bonds. The fraction of sp³-hybridized carbons (Fsp3) is 0.111. The first-order chi connectivity index (χ1) is 11.5. The van der Waals surface area contributed by atoms with Crippen LogP contribution in [0.15, 0.2) is 40.2 Å². The molecule has 4 aromatic heterocycles. The predicted octanol–water partition coefficient (Wildman–Crippen LogP) is 7.11. The summed E-state index contributed by atoms with van der Waals surface area (Å²) in [7, 11) is 5.90. The van der Waals surface area contributed by atoms with Crippen molar-refractivity contribution in [3.8, 4) is 29.3 Å². The second-order valence-electron chi connectivity index (χ2n) is 5.55. The van der Waals surface area contributed by atoms with Crippen molar-refractivity contribution in [2.45, 2.75) is 13.8 Å². The van der Waals surface area contributed by atoms with Crippen LogP contribution in [0.2, 0.25) is 0 Å². The van der Waals surface area contributed by atoms with E-state index in [1.807, 2.05) is 28.7 Å². The topological polar surface area (TPSA) is 0 Å². The largest absolute Gasteiger partial charge is 0.151 e. The minimum atomic E-state index is 0.872. The first-order valence-corrected chi connectivity index (χ1v) is 11.4. The van der Waals surface area contributed by atoms with Crippen LogP contribution in [0.4, 0.5) is 0 Å². The van der Waals surface area contributed by atoms with Crippen molar-refractivity contribution >= 4 is 73.9 Å². The molecule has 0 aliphatic carbocycles. The van der Waals surface area contributed by atoms with Gasteiger partial charge in [0.15, 0.2) is 0 Å². The lowest BCUT2D eigenvalue weighted by atomic mass is 10.1. The monoisotopic (exact) mass is 446 g/mol. The van der Waals surface area contributed by atoms with Gasteiger partial charge in [-0.25, -0.2) is 0 Å². The van der Waals surface area contributed by atoms with Gasteiger partial charge in [-0.2, -0.15) is 11.3 Å². The standard InChI is InChI=1S/C18H12BBrS4/c1-9-7-13(23-17(9)11-3-5-15(19)21-11)14-8-10(2)18(24-14)12-4-6-16(20)22-12/h3-8H,1-2H3. The minimum absolute atomic E-state index is 0.872. The van der Waals surface area contributed by atoms with Crippen molar-refractivity contribution < 1.29 is 0 Å². The Bertz CT molecular complexity index is 935. The highest BCUT2D eigenvalue weighted by Gasteiger charge is 2.15. The zero-order valence-corrected chi connectivity index (χ0v) is 17.9. The Morgan fingerprint density at radius 3 is 1.71 bits per heavy atom. The van der Waals surface area contributed by atoms with Crippen LogP contribution >= 0.6 is 61.3 Å². The first-order valence-electron chi connectivity index (χ1n) is 7.34. The van der Waals surface area contributed by atoms with Crippen molar-refractivity contribution in [3.63, 3.8) is 0 Å². The Morgan fingerprint density at radius 1 is 0.708 bits per heavy atom. The summed E-state index contributed by atoms with van der Waals surface area (Å²) in [6.45, 7) is 4.38. The third-order valence-electron chi connectivity index (χ3n) is 3.73. The molecule has 0 aromatic carbocycles. The van der Waals surface area contributed by atoms with Gasteiger partial charge in [0.1, 0.15) is 7.85 Å². The normalized spacial score (nSPS) is 11.3. The van der Waals surface area contributed by atoms with E-state index < -0.39 is 0 Å². The van der Waals surface area contributed by atoms with Gasteiger partial charge in [0.05, 0.1) is 3.79 Å². The molecule has 24 heavy (non-hydrogen) atoms. The van der Waals surface area contributed by atoms with Crippen molar-refractivity contribution in [1.29, 1.82) is 0 Å². The van der Waals surface area contributed by atoms with Crippen LogP contribution in [-0.2, 0) is 0 Å². The maximum absolute atomic E-state index is 5.90. The van der Waals surface area contributed by atoms with E-state index in [0.717, 1.165) is 4.78 Å². The molecule has 0 saturated carbocycles. The fourth-order valence-corrected chi connectivity index (χ4v) is 7.54. The highest BCUT2D eigenvalue weighted by atomic mass is 79.9. The van der Waals surface area contributed by atoms with Crippen LogP contribution in [0.5, 0.6) is 0 Å². The molecule has 0 aliphatic heterocycles. The van der Waals surface area contributed by atoms with Gasteiger partial charge >= 0.3 is 0 Å². The molecular formula is C18H12BBrS4. The van der Waals surface area contributed by atoms with Gasteiger partial charge in [0, 0.05) is 29.3 Å². The molecule has 0 spiro atoms. The summed E-state index contributed by atoms with van der Waals surface area (Å²) in [5.74, 6) is 0. The quantitative estimate of drug-likeness (QED) is 0.294. The third kappa shape index (κ3) is 3.10. The minimum Gasteiger partial charge on any atom is -0.151 e. The smallest absolute Gasteiger partial charge is 0.128 e. The Kier molecular flexibility index (Phi) is 4.60. The maximum atomic E-state index is 5.90. The molecule has 4 aromatic rings. The molecule has 4 heterocycles. The van der Waals surface area contributed by atoms with E-state index in [-0.39, 0.29) is 0 Å². The van der Waals surface area contributed by atoms with Gasteiger partial charge in [-0.05, 0) is 76.0 Å². The van der Waals surface area contributed by atoms with E-state index in [9.17, 15) is 0 Å². The molecule has 0 unspecified atom stereocenters. The average Bonchev–Trinajstić information content (AvgIpc) is 3.27. The van der Waals surface area contributed by atoms with Crippen LogP contribution in [0.1, 0.15) is 11.1 Å². The highest BCUT2D eigenvalue weighted by Crippen LogP contribution is 2.45. The van der Waals surface area contributed by atoms with E-state index in [1.54, 1.807) is 22.7 Å². The molecule has 0 saturated heterocycles. The molecule has 4 rings (SSSR count). The van der Waals surface area contributed by atoms with E-state index in [2.05, 4.69) is 60.1 Å². The second kappa shape index (κ2) is 6.58. The molecule has 6 heteroatoms. The molecule has 0 N–H and O–H groups in total. The van der Waals surface area contributed by atoms with Crippen LogP contribution in [0.25, 0.3) is 29.3 Å². The van der Waals surface area contributed by atoms with Crippen LogP contribution in [-0.4, -0.2) is 7.85 Å². The van der Waals surface area contributed by atoms with E-state index >= 15 is 0 Å². The summed E-state index contributed by atoms with van der Waals surface area (Å²) in [5, 5.41) is 0. The number of aryl methyl sites for hydroxylation is 2. The predicted molar refractivity (Wildman–Crippen MR) is 117 cm³/mol. The molecule has 0 nitrogen and oxygen atoms in total. The zero-order valence-electron chi connectivity index (χ0n) is 13.1. The molecule has 0 bridgehead atoms. The first kappa shape index (κ1) is 16.8. The summed E-state index contributed by atoms with van der Waals surface area (Å²) < 4.78 is 2.05. The molecule has 118 valence electrons. The fourth-order valence-electron chi connectivity index (χ4n) is 2.61. The van der Waals surface area contributed by atoms with Gasteiger partial charge < -0.3 is 0 Å². The van der Waals surface area contributed by atoms with Gasteiger partial charge in [0.25, 0.3) is 0 Å². The van der Waals surface area contributed by atoms with Gasteiger partial charge in [-0.15, -0.1) is 34.0 Å². The molecule has 0 fully saturated rings. The number of hydrogen-bond donors (Lipinski definition) is 0. The SMILES string of the molecule is [B]c1ccc(-c2sc(-c3cc(C)c(-c4ccc(Br)s4)s3)cc2C)s1. The van der Waals surface area contributed by atoms with Crippen molar-refractivity contribution in [1.82, 2.24) is 0 Å². The summed E-state index contributed by atoms with van der Waals surface area (Å²) in [6.07, 6.45) is 0. The lowest BCUT2D eigenvalue weighted by Gasteiger charge is -1.93. The number of halogens is 1. The number of thiophene rings is 4. The van der Waals surface area contributed by atoms with Crippen LogP contribution < -0.4 is 4.78 Å². The maximum Gasteiger partial charge on any atom is 0.128 e. The molecule has 0 aliphatic rings. The lowest BCUT2D eigenvalue weighted by Crippen LogP contribution is -1.88. The Hall–Kier alpha value is -0.655. The highest BCUT2D eigenvalue weighted by molar-refractivity contribution is 9.11. The van der Waals surface area contributed by atoms with E-state index in [0.29, 0.717) is 0 Å². The molecule has 0 atom stereocenters. The van der Waals surface area contributed by atoms with Crippen molar-refractivity contribution in [3.05, 3.63) is 51.3 Å². The van der Waals surface area contributed by atoms with Crippen LogP contribution in [0.3, 0.4) is 0 Å². The number of hydrogen-bond acceptors (Lipinski definition) is 4. The summed E-state index contributed by atoms with van der Waals surface area (Å²) in [5.41, 5.74) is 2.67. The Morgan fingerprint density at radius 2 is 1.25 bits per heavy atom. The zero-order chi connectivity index (χ0) is 16.8. The van der Waals surface area contributed by atoms with Crippen LogP contribution in [0, 0.1) is 13.8 Å². The summed E-state index contributed by atoms with van der Waals surface area (Å²) in [4.78, 5) is 7.97. The third-order valence-corrected chi connectivity index (χ3v) is 9.29. The average molecular weight is 447 g/mol. The van der Waals surface area contributed by atoms with Crippen molar-refractivity contribution in [2.75, 3.05) is 0 Å². The lowest BCUT2D eigenvalue weighted by molar-refractivity contribution is 1.54. The Balaban J connectivity index is 1.75. The van der Waals surface area contributed by atoms with Crippen molar-refractivity contribution in [2.24, 2.45) is 0 Å². The van der Waals surface area contributed by atoms with Gasteiger partial charge in [-0.3, -0.25) is 0 Å². The van der Waals surface area contributed by atoms with Gasteiger partial charge in [0.2, 0.25) is 0 Å². The van der Waals surface area contributed by atoms with E-state index in [1.165, 1.54) is 44.2 Å². The summed E-state index contributed by atoms with van der Waals surface area (Å²) in [6, 6.07) is 13.0. The Labute approximate surface area is 167 Å². The van der Waals surface area contributed by atoms with E-state index in [4.69, 9.17) is 7.85 Å². The second-order valence-corrected chi connectivity index (χ2v) is 11.2.